The smallest absolute Gasteiger partial charge is 0.387 e. The normalized spacial score (nSPS) is 26.8. The number of aromatic nitrogens is 6. The molecule has 0 spiro atoms. The average Bonchev–Trinajstić information content (AvgIpc) is 3.70. The van der Waals surface area contributed by atoms with E-state index in [1.807, 2.05) is 0 Å². The van der Waals surface area contributed by atoms with Crippen molar-refractivity contribution in [2.45, 2.75) is 49.7 Å². The molecule has 2 aliphatic heterocycles. The van der Waals surface area contributed by atoms with Gasteiger partial charge in [0, 0.05) is 7.05 Å². The fourth-order valence-electron chi connectivity index (χ4n) is 4.65. The van der Waals surface area contributed by atoms with E-state index >= 15 is 0 Å². The number of ether oxygens (including phenoxy) is 2. The summed E-state index contributed by atoms with van der Waals surface area (Å²) < 4.78 is 43.4. The van der Waals surface area contributed by atoms with Crippen molar-refractivity contribution in [3.63, 3.8) is 0 Å². The van der Waals surface area contributed by atoms with Crippen LogP contribution in [0.1, 0.15) is 19.1 Å². The van der Waals surface area contributed by atoms with Crippen molar-refractivity contribution in [3.05, 3.63) is 27.0 Å². The van der Waals surface area contributed by atoms with Gasteiger partial charge in [-0.2, -0.15) is 14.6 Å². The number of aromatic amines is 2. The SMILES string of the molecule is CNc1c(NC2OC(COP(O)OP(=O)(O)OP(O)OOCC3CCC(n4cnc5c(=O)[nH]c(N)nc54)O3)C(O)C2O)nc(N)[nH]c1=O. The van der Waals surface area contributed by atoms with Gasteiger partial charge < -0.3 is 61.0 Å². The van der Waals surface area contributed by atoms with Crippen LogP contribution in [0.25, 0.3) is 11.2 Å². The summed E-state index contributed by atoms with van der Waals surface area (Å²) in [6.07, 6.45) is -4.64. The number of imidazole rings is 1. The zero-order chi connectivity index (χ0) is 34.7. The van der Waals surface area contributed by atoms with Crippen LogP contribution in [0.2, 0.25) is 0 Å². The number of nitrogens with two attached hydrogens (primary N) is 2. The molecule has 266 valence electrons. The first-order valence-electron chi connectivity index (χ1n) is 13.6. The maximum absolute atomic E-state index is 12.2. The predicted octanol–water partition coefficient (Wildman–Crippen LogP) is -1.82. The topological polar surface area (TPSA) is 368 Å². The Kier molecular flexibility index (Phi) is 11.6. The molecule has 2 saturated heterocycles. The van der Waals surface area contributed by atoms with E-state index in [0.29, 0.717) is 12.8 Å². The molecule has 2 fully saturated rings. The van der Waals surface area contributed by atoms with Crippen molar-refractivity contribution >= 4 is 59.6 Å². The van der Waals surface area contributed by atoms with E-state index in [4.69, 9.17) is 30.4 Å². The third-order valence-corrected chi connectivity index (χ3v) is 10.1. The van der Waals surface area contributed by atoms with Crippen LogP contribution in [0.4, 0.5) is 23.4 Å². The van der Waals surface area contributed by atoms with Gasteiger partial charge in [0.05, 0.1) is 19.0 Å². The maximum atomic E-state index is 12.2. The quantitative estimate of drug-likeness (QED) is 0.0463. The average molecular weight is 744 g/mol. The van der Waals surface area contributed by atoms with Crippen LogP contribution >= 0.6 is 25.0 Å². The highest BCUT2D eigenvalue weighted by molar-refractivity contribution is 7.63. The molecular formula is C20H31N10O15P3. The summed E-state index contributed by atoms with van der Waals surface area (Å²) in [7, 11) is -10.1. The van der Waals surface area contributed by atoms with Crippen LogP contribution in [0.15, 0.2) is 15.9 Å². The molecule has 5 heterocycles. The number of nitrogens with zero attached hydrogens (tertiary/aromatic N) is 4. The summed E-state index contributed by atoms with van der Waals surface area (Å²) in [4.78, 5) is 75.2. The van der Waals surface area contributed by atoms with E-state index in [2.05, 4.69) is 48.8 Å². The standard InChI is InChI=1S/C20H31N10O15P3/c1-23-10-14(26-19(21)28-16(10)33)25-18-13(32)12(31)8(42-18)5-40-46(35)44-48(37,38)45-47(36)43-39-4-7-2-3-9(41-7)30-6-24-11-15(30)27-20(22)29-17(11)34/h6-9,12-13,18,23,31-32,35-36H,2-5H2,1H3,(H,37,38)(H3,22,27,29,34)(H4,21,25,26,28,33). The Labute approximate surface area is 270 Å². The van der Waals surface area contributed by atoms with Gasteiger partial charge in [0.25, 0.3) is 11.1 Å². The van der Waals surface area contributed by atoms with Crippen LogP contribution in [0.3, 0.4) is 0 Å². The maximum Gasteiger partial charge on any atom is 0.485 e. The van der Waals surface area contributed by atoms with Gasteiger partial charge in [0.15, 0.2) is 23.2 Å². The second-order valence-corrected chi connectivity index (χ2v) is 13.6. The minimum absolute atomic E-state index is 0.0397. The third-order valence-electron chi connectivity index (χ3n) is 6.74. The fourth-order valence-corrected chi connectivity index (χ4v) is 7.18. The zero-order valence-corrected chi connectivity index (χ0v) is 27.2. The van der Waals surface area contributed by atoms with E-state index < -0.39 is 79.6 Å². The summed E-state index contributed by atoms with van der Waals surface area (Å²) in [6, 6.07) is 0. The lowest BCUT2D eigenvalue weighted by Crippen LogP contribution is -2.37. The van der Waals surface area contributed by atoms with Crippen molar-refractivity contribution in [3.8, 4) is 0 Å². The molecule has 3 aromatic heterocycles. The molecule has 0 saturated carbocycles. The molecule has 9 unspecified atom stereocenters. The van der Waals surface area contributed by atoms with Crippen LogP contribution in [0, 0.1) is 0 Å². The Morgan fingerprint density at radius 3 is 2.52 bits per heavy atom. The highest BCUT2D eigenvalue weighted by Crippen LogP contribution is 2.62. The molecule has 0 aliphatic carbocycles. The minimum Gasteiger partial charge on any atom is -0.387 e. The Balaban J connectivity index is 1.03. The molecule has 28 heteroatoms. The Morgan fingerprint density at radius 2 is 1.77 bits per heavy atom. The molecule has 13 N–H and O–H groups in total. The first-order valence-corrected chi connectivity index (χ1v) is 17.4. The number of H-pyrrole nitrogens is 2. The van der Waals surface area contributed by atoms with Crippen LogP contribution < -0.4 is 33.2 Å². The van der Waals surface area contributed by atoms with E-state index in [-0.39, 0.29) is 41.2 Å². The van der Waals surface area contributed by atoms with Gasteiger partial charge in [-0.05, 0) is 12.8 Å². The monoisotopic (exact) mass is 744 g/mol. The van der Waals surface area contributed by atoms with Gasteiger partial charge in [-0.15, -0.1) is 0 Å². The number of phosphoric acid groups is 1. The molecule has 9 atom stereocenters. The number of rotatable bonds is 15. The van der Waals surface area contributed by atoms with Crippen molar-refractivity contribution in [1.29, 1.82) is 0 Å². The Bertz CT molecular complexity index is 1750. The molecule has 0 bridgehead atoms. The number of aliphatic hydroxyl groups is 2. The van der Waals surface area contributed by atoms with Crippen LogP contribution in [-0.4, -0.2) is 105 Å². The fraction of sp³-hybridized carbons (Fsp3) is 0.550. The van der Waals surface area contributed by atoms with Crippen molar-refractivity contribution in [1.82, 2.24) is 29.5 Å². The lowest BCUT2D eigenvalue weighted by Gasteiger charge is -2.19. The minimum atomic E-state index is -5.19. The van der Waals surface area contributed by atoms with Gasteiger partial charge >= 0.3 is 25.0 Å². The number of nitrogens with one attached hydrogen (secondary N) is 4. The molecule has 0 aromatic carbocycles. The lowest BCUT2D eigenvalue weighted by atomic mass is 10.1. The van der Waals surface area contributed by atoms with Gasteiger partial charge in [0.2, 0.25) is 11.9 Å². The molecule has 2 aliphatic rings. The predicted molar refractivity (Wildman–Crippen MR) is 162 cm³/mol. The van der Waals surface area contributed by atoms with Gasteiger partial charge in [-0.25, -0.2) is 23.1 Å². The summed E-state index contributed by atoms with van der Waals surface area (Å²) >= 11 is 0. The zero-order valence-electron chi connectivity index (χ0n) is 24.5. The number of hydrogen-bond donors (Lipinski definition) is 11. The molecular weight excluding hydrogens is 713 g/mol. The second-order valence-electron chi connectivity index (χ2n) is 9.97. The first-order chi connectivity index (χ1) is 22.7. The van der Waals surface area contributed by atoms with Crippen LogP contribution in [0.5, 0.6) is 0 Å². The molecule has 48 heavy (non-hydrogen) atoms. The largest absolute Gasteiger partial charge is 0.485 e. The summed E-state index contributed by atoms with van der Waals surface area (Å²) in [5.74, 6) is -0.430. The van der Waals surface area contributed by atoms with Gasteiger partial charge in [-0.1, -0.05) is 0 Å². The molecule has 5 rings (SSSR count). The van der Waals surface area contributed by atoms with Crippen LogP contribution in [-0.2, 0) is 36.7 Å². The number of aliphatic hydroxyl groups excluding tert-OH is 2. The first kappa shape index (κ1) is 36.3. The Morgan fingerprint density at radius 1 is 1.06 bits per heavy atom. The van der Waals surface area contributed by atoms with Crippen molar-refractivity contribution in [2.24, 2.45) is 0 Å². The molecule has 3 aromatic rings. The van der Waals surface area contributed by atoms with Crippen molar-refractivity contribution < 1.29 is 61.6 Å². The number of hydrogen-bond acceptors (Lipinski definition) is 21. The van der Waals surface area contributed by atoms with E-state index in [1.54, 1.807) is 0 Å². The van der Waals surface area contributed by atoms with Gasteiger partial charge in [-0.3, -0.25) is 24.1 Å². The number of fused-ring (bicyclic) bond motifs is 1. The molecule has 0 radical (unpaired) electrons. The number of nitrogen functional groups attached to an aromatic ring is 2. The lowest BCUT2D eigenvalue weighted by molar-refractivity contribution is -0.233. The van der Waals surface area contributed by atoms with E-state index in [9.17, 15) is 39.0 Å². The highest BCUT2D eigenvalue weighted by atomic mass is 31.3. The third kappa shape index (κ3) is 8.60. The summed E-state index contributed by atoms with van der Waals surface area (Å²) in [5, 5.41) is 25.9. The Hall–Kier alpha value is -2.96. The van der Waals surface area contributed by atoms with Crippen molar-refractivity contribution in [2.75, 3.05) is 42.4 Å². The number of anilines is 4. The molecule has 0 amide bonds. The highest BCUT2D eigenvalue weighted by Gasteiger charge is 2.44. The summed E-state index contributed by atoms with van der Waals surface area (Å²) in [6.45, 7) is -0.909. The van der Waals surface area contributed by atoms with E-state index in [0.717, 1.165) is 0 Å². The molecule has 25 nitrogen and oxygen atoms in total. The second kappa shape index (κ2) is 15.3. The summed E-state index contributed by atoms with van der Waals surface area (Å²) in [5.41, 5.74) is 10.3. The van der Waals surface area contributed by atoms with E-state index in [1.165, 1.54) is 17.9 Å². The van der Waals surface area contributed by atoms with Gasteiger partial charge in [0.1, 0.15) is 36.8 Å².